The van der Waals surface area contributed by atoms with Crippen molar-refractivity contribution in [1.82, 2.24) is 14.8 Å². The Morgan fingerprint density at radius 3 is 2.52 bits per heavy atom. The minimum atomic E-state index is -1.44. The number of aliphatic carboxylic acids is 1. The van der Waals surface area contributed by atoms with E-state index in [0.29, 0.717) is 44.5 Å². The number of carboxylic acid groups (broad SMARTS) is 1. The first-order chi connectivity index (χ1) is 24.0. The number of esters is 1. The number of hydrogen-bond donors (Lipinski definition) is 4. The van der Waals surface area contributed by atoms with E-state index in [1.807, 2.05) is 0 Å². The van der Waals surface area contributed by atoms with Crippen LogP contribution in [0.15, 0.2) is 58.7 Å². The highest BCUT2D eigenvalue weighted by molar-refractivity contribution is 8.00. The summed E-state index contributed by atoms with van der Waals surface area (Å²) >= 11 is 1.16. The fourth-order valence-corrected chi connectivity index (χ4v) is 8.14. The van der Waals surface area contributed by atoms with Crippen LogP contribution in [-0.4, -0.2) is 81.7 Å². The van der Waals surface area contributed by atoms with Crippen LogP contribution >= 0.6 is 11.8 Å². The number of halogens is 2. The van der Waals surface area contributed by atoms with Crippen LogP contribution in [0.1, 0.15) is 47.3 Å². The number of nitrogens with zero attached hydrogens (tertiary/aromatic N) is 3. The van der Waals surface area contributed by atoms with Gasteiger partial charge >= 0.3 is 11.9 Å². The van der Waals surface area contributed by atoms with Gasteiger partial charge in [0, 0.05) is 36.7 Å². The second-order valence-electron chi connectivity index (χ2n) is 12.9. The number of fused-ring (bicyclic) bond motifs is 2. The summed E-state index contributed by atoms with van der Waals surface area (Å²) < 4.78 is 38.4. The molecule has 1 aromatic heterocycles. The van der Waals surface area contributed by atoms with Crippen LogP contribution in [0.25, 0.3) is 10.9 Å². The topological polar surface area (TPSA) is 190 Å². The first kappa shape index (κ1) is 33.7. The number of rotatable bonds is 10. The van der Waals surface area contributed by atoms with Crippen LogP contribution < -0.4 is 27.1 Å². The second-order valence-corrected chi connectivity index (χ2v) is 14.0. The molecule has 6 N–H and O–H groups in total. The fourth-order valence-electron chi connectivity index (χ4n) is 6.82. The van der Waals surface area contributed by atoms with Gasteiger partial charge in [-0.3, -0.25) is 19.3 Å². The molecule has 3 fully saturated rings. The molecule has 13 nitrogen and oxygen atoms in total. The zero-order valence-corrected chi connectivity index (χ0v) is 27.5. The number of benzene rings is 2. The van der Waals surface area contributed by atoms with Crippen molar-refractivity contribution in [1.29, 1.82) is 0 Å². The number of amides is 2. The molecule has 1 unspecified atom stereocenters. The van der Waals surface area contributed by atoms with Crippen molar-refractivity contribution in [3.05, 3.63) is 86.8 Å². The van der Waals surface area contributed by atoms with E-state index in [0.717, 1.165) is 22.7 Å². The van der Waals surface area contributed by atoms with Crippen LogP contribution in [0.5, 0.6) is 0 Å². The highest BCUT2D eigenvalue weighted by Crippen LogP contribution is 2.42. The van der Waals surface area contributed by atoms with Crippen molar-refractivity contribution in [2.24, 2.45) is 17.4 Å². The monoisotopic (exact) mass is 708 g/mol. The molecule has 0 radical (unpaired) electrons. The summed E-state index contributed by atoms with van der Waals surface area (Å²) in [6.45, 7) is 0.599. The van der Waals surface area contributed by atoms with E-state index >= 15 is 8.78 Å². The lowest BCUT2D eigenvalue weighted by atomic mass is 10.0. The van der Waals surface area contributed by atoms with Gasteiger partial charge < -0.3 is 36.1 Å². The Bertz CT molecular complexity index is 2020. The maximum atomic E-state index is 16.1. The molecule has 1 saturated carbocycles. The molecular weight excluding hydrogens is 674 g/mol. The van der Waals surface area contributed by atoms with Crippen LogP contribution in [0.3, 0.4) is 0 Å². The molecule has 7 rings (SSSR count). The van der Waals surface area contributed by atoms with Gasteiger partial charge in [0.1, 0.15) is 46.8 Å². The Balaban J connectivity index is 1.11. The molecule has 2 amide bonds. The lowest BCUT2D eigenvalue weighted by Crippen LogP contribution is -2.71. The average molecular weight is 709 g/mol. The maximum Gasteiger partial charge on any atom is 0.352 e. The van der Waals surface area contributed by atoms with Gasteiger partial charge in [0.05, 0.1) is 10.9 Å². The number of carboxylic acids is 1. The molecule has 2 saturated heterocycles. The van der Waals surface area contributed by atoms with Gasteiger partial charge in [0.2, 0.25) is 11.3 Å². The van der Waals surface area contributed by atoms with E-state index in [2.05, 4.69) is 5.32 Å². The predicted octanol–water partition coefficient (Wildman–Crippen LogP) is 2.00. The summed E-state index contributed by atoms with van der Waals surface area (Å²) in [4.78, 5) is 67.8. The van der Waals surface area contributed by atoms with Crippen molar-refractivity contribution in [2.45, 2.75) is 42.8 Å². The number of β-lactam (4-membered cyclic amide) rings is 1. The van der Waals surface area contributed by atoms with Gasteiger partial charge in [0.25, 0.3) is 5.91 Å². The average Bonchev–Trinajstić information content (AvgIpc) is 3.86. The molecule has 4 aliphatic rings. The number of nitrogens with one attached hydrogen (secondary N) is 1. The van der Waals surface area contributed by atoms with E-state index in [1.54, 1.807) is 35.2 Å². The Morgan fingerprint density at radius 1 is 1.12 bits per heavy atom. The van der Waals surface area contributed by atoms with Crippen LogP contribution in [0.4, 0.5) is 14.5 Å². The summed E-state index contributed by atoms with van der Waals surface area (Å²) in [5.74, 6) is -5.53. The number of hydrogen-bond acceptors (Lipinski definition) is 10. The minimum Gasteiger partial charge on any atom is -0.477 e. The molecule has 4 atom stereocenters. The number of carbonyl (C=O) groups excluding carboxylic acids is 3. The zero-order chi connectivity index (χ0) is 35.4. The number of thioether (sulfide) groups is 1. The van der Waals surface area contributed by atoms with Gasteiger partial charge in [-0.05, 0) is 43.4 Å². The number of carbonyl (C=O) groups is 4. The maximum absolute atomic E-state index is 16.1. The highest BCUT2D eigenvalue weighted by Gasteiger charge is 2.54. The molecule has 50 heavy (non-hydrogen) atoms. The van der Waals surface area contributed by atoms with Gasteiger partial charge in [-0.1, -0.05) is 30.3 Å². The van der Waals surface area contributed by atoms with Crippen molar-refractivity contribution in [2.75, 3.05) is 36.9 Å². The summed E-state index contributed by atoms with van der Waals surface area (Å²) in [6.07, 6.45) is 3.22. The van der Waals surface area contributed by atoms with E-state index in [9.17, 15) is 29.1 Å². The van der Waals surface area contributed by atoms with Gasteiger partial charge in [0.15, 0.2) is 5.82 Å². The number of aromatic nitrogens is 1. The summed E-state index contributed by atoms with van der Waals surface area (Å²) in [6, 6.07) is 7.23. The molecule has 3 aliphatic heterocycles. The lowest BCUT2D eigenvalue weighted by Gasteiger charge is -2.49. The highest BCUT2D eigenvalue weighted by atomic mass is 32.2. The Morgan fingerprint density at radius 2 is 1.86 bits per heavy atom. The Labute approximate surface area is 288 Å². The van der Waals surface area contributed by atoms with Gasteiger partial charge in [-0.15, -0.1) is 11.8 Å². The summed E-state index contributed by atoms with van der Waals surface area (Å²) in [5, 5.41) is 11.6. The third kappa shape index (κ3) is 5.80. The second kappa shape index (κ2) is 13.2. The SMILES string of the molecule is NCC1CCN(c2c(F)cc3c(=O)c(C(=O)OCC4=C(C(=O)O)N5C(=O)[C@@H](NC(=O)[C@H](N)c6ccccc6)[C@H]5SC4)cn(C4CC4)c3c2F)C1. The van der Waals surface area contributed by atoms with Crippen molar-refractivity contribution in [3.63, 3.8) is 0 Å². The lowest BCUT2D eigenvalue weighted by molar-refractivity contribution is -0.151. The molecule has 3 aromatic rings. The van der Waals surface area contributed by atoms with Gasteiger partial charge in [-0.25, -0.2) is 18.4 Å². The molecule has 4 heterocycles. The third-order valence-corrected chi connectivity index (χ3v) is 11.0. The third-order valence-electron chi connectivity index (χ3n) is 9.65. The number of nitrogens with two attached hydrogens (primary N) is 2. The standard InChI is InChI=1S/C34H34F2N6O7S/c35-22-10-20-27(23(36)28(22)40-9-8-16(11-37)12-40)41(19-6-7-19)13-21(29(20)43)34(48)49-14-18-15-50-32-25(31(45)42(32)26(18)33(46)47)39-30(44)24(38)17-4-2-1-3-5-17/h1-5,10,13,16,19,24-25,32H,6-9,11-12,14-15,37-38H2,(H,39,44)(H,46,47)/t16?,24-,25-,32-/m1/s1. The summed E-state index contributed by atoms with van der Waals surface area (Å²) in [5.41, 5.74) is 10.3. The van der Waals surface area contributed by atoms with Crippen LogP contribution in [0.2, 0.25) is 0 Å². The molecule has 0 bridgehead atoms. The minimum absolute atomic E-state index is 0.0329. The quantitative estimate of drug-likeness (QED) is 0.178. The zero-order valence-electron chi connectivity index (χ0n) is 26.6. The number of pyridine rings is 1. The fraction of sp³-hybridized carbons (Fsp3) is 0.382. The van der Waals surface area contributed by atoms with Crippen molar-refractivity contribution >= 4 is 52.1 Å². The number of anilines is 1. The first-order valence-electron chi connectivity index (χ1n) is 16.2. The Kier molecular flexibility index (Phi) is 8.86. The smallest absolute Gasteiger partial charge is 0.352 e. The molecule has 2 aromatic carbocycles. The van der Waals surface area contributed by atoms with Crippen molar-refractivity contribution < 1.29 is 37.8 Å². The molecular formula is C34H34F2N6O7S. The normalized spacial score (nSPS) is 22.3. The van der Waals surface area contributed by atoms with Gasteiger partial charge in [-0.2, -0.15) is 0 Å². The summed E-state index contributed by atoms with van der Waals surface area (Å²) in [7, 11) is 0. The predicted molar refractivity (Wildman–Crippen MR) is 179 cm³/mol. The van der Waals surface area contributed by atoms with Crippen LogP contribution in [0, 0.1) is 17.6 Å². The van der Waals surface area contributed by atoms with E-state index < -0.39 is 76.1 Å². The molecule has 16 heteroatoms. The number of ether oxygens (including phenoxy) is 1. The Hall–Kier alpha value is -4.80. The largest absolute Gasteiger partial charge is 0.477 e. The van der Waals surface area contributed by atoms with Crippen molar-refractivity contribution in [3.8, 4) is 0 Å². The van der Waals surface area contributed by atoms with Crippen LogP contribution in [-0.2, 0) is 19.1 Å². The first-order valence-corrected chi connectivity index (χ1v) is 17.2. The molecule has 262 valence electrons. The molecule has 1 aliphatic carbocycles. The van der Waals surface area contributed by atoms with E-state index in [4.69, 9.17) is 16.2 Å². The van der Waals surface area contributed by atoms with E-state index in [-0.39, 0.29) is 39.9 Å². The molecule has 0 spiro atoms. The van der Waals surface area contributed by atoms with E-state index in [1.165, 1.54) is 10.8 Å².